The SMILES string of the molecule is C=Cc1ccc(C[N+](C)(C)CCCN=CC)cc1. The zero-order chi connectivity index (χ0) is 13.4. The molecule has 18 heavy (non-hydrogen) atoms. The van der Waals surface area contributed by atoms with Gasteiger partial charge in [-0.05, 0) is 18.7 Å². The molecule has 0 N–H and O–H groups in total. The molecule has 0 fully saturated rings. The Bertz CT molecular complexity index is 388. The van der Waals surface area contributed by atoms with Gasteiger partial charge in [-0.15, -0.1) is 0 Å². The second kappa shape index (κ2) is 7.12. The molecule has 0 saturated carbocycles. The highest BCUT2D eigenvalue weighted by molar-refractivity contribution is 5.53. The molecule has 0 atom stereocenters. The molecule has 0 saturated heterocycles. The Hall–Kier alpha value is -1.41. The van der Waals surface area contributed by atoms with Gasteiger partial charge < -0.3 is 4.48 Å². The highest BCUT2D eigenvalue weighted by Gasteiger charge is 2.14. The van der Waals surface area contributed by atoms with Crippen LogP contribution in [0.25, 0.3) is 6.08 Å². The number of nitrogens with zero attached hydrogens (tertiary/aromatic N) is 2. The number of benzene rings is 1. The van der Waals surface area contributed by atoms with Crippen molar-refractivity contribution in [2.45, 2.75) is 19.9 Å². The van der Waals surface area contributed by atoms with E-state index < -0.39 is 0 Å². The summed E-state index contributed by atoms with van der Waals surface area (Å²) in [6, 6.07) is 8.65. The monoisotopic (exact) mass is 245 g/mol. The molecule has 0 amide bonds. The molecular formula is C16H25N2+. The van der Waals surface area contributed by atoms with Crippen LogP contribution in [0.1, 0.15) is 24.5 Å². The van der Waals surface area contributed by atoms with E-state index >= 15 is 0 Å². The Labute approximate surface area is 111 Å². The maximum absolute atomic E-state index is 4.26. The first-order valence-corrected chi connectivity index (χ1v) is 6.55. The third kappa shape index (κ3) is 5.28. The Morgan fingerprint density at radius 3 is 2.44 bits per heavy atom. The molecular weight excluding hydrogens is 220 g/mol. The maximum Gasteiger partial charge on any atom is 0.104 e. The summed E-state index contributed by atoms with van der Waals surface area (Å²) < 4.78 is 1.01. The molecule has 0 aliphatic carbocycles. The Kier molecular flexibility index (Phi) is 5.79. The van der Waals surface area contributed by atoms with Crippen LogP contribution in [0.2, 0.25) is 0 Å². The van der Waals surface area contributed by atoms with Crippen molar-refractivity contribution in [3.8, 4) is 0 Å². The van der Waals surface area contributed by atoms with E-state index in [0.717, 1.165) is 30.5 Å². The lowest BCUT2D eigenvalue weighted by molar-refractivity contribution is -0.903. The van der Waals surface area contributed by atoms with E-state index in [-0.39, 0.29) is 0 Å². The van der Waals surface area contributed by atoms with Crippen LogP contribution in [0.4, 0.5) is 0 Å². The van der Waals surface area contributed by atoms with Crippen molar-refractivity contribution >= 4 is 12.3 Å². The first-order chi connectivity index (χ1) is 8.57. The van der Waals surface area contributed by atoms with E-state index in [4.69, 9.17) is 0 Å². The van der Waals surface area contributed by atoms with Gasteiger partial charge in [0.25, 0.3) is 0 Å². The van der Waals surface area contributed by atoms with Crippen LogP contribution in [0.5, 0.6) is 0 Å². The fraction of sp³-hybridized carbons (Fsp3) is 0.438. The van der Waals surface area contributed by atoms with Crippen LogP contribution in [-0.2, 0) is 6.54 Å². The summed E-state index contributed by atoms with van der Waals surface area (Å²) in [6.07, 6.45) is 4.91. The molecule has 0 spiro atoms. The standard InChI is InChI=1S/C16H25N2/c1-5-15-8-10-16(11-9-15)14-18(3,4)13-7-12-17-6-2/h5-6,8-11H,1,7,12-14H2,2-4H3/q+1. The quantitative estimate of drug-likeness (QED) is 0.397. The minimum atomic E-state index is 0.938. The summed E-state index contributed by atoms with van der Waals surface area (Å²) in [5.41, 5.74) is 2.56. The average Bonchev–Trinajstić information content (AvgIpc) is 2.35. The number of hydrogen-bond acceptors (Lipinski definition) is 1. The topological polar surface area (TPSA) is 12.4 Å². The third-order valence-electron chi connectivity index (χ3n) is 3.06. The van der Waals surface area contributed by atoms with Crippen LogP contribution in [-0.4, -0.2) is 37.9 Å². The average molecular weight is 245 g/mol. The maximum atomic E-state index is 4.26. The van der Waals surface area contributed by atoms with Crippen LogP contribution >= 0.6 is 0 Å². The van der Waals surface area contributed by atoms with Crippen molar-refractivity contribution in [2.75, 3.05) is 27.2 Å². The fourth-order valence-corrected chi connectivity index (χ4v) is 2.05. The van der Waals surface area contributed by atoms with Crippen LogP contribution < -0.4 is 0 Å². The summed E-state index contributed by atoms with van der Waals surface area (Å²) in [6.45, 7) is 8.90. The lowest BCUT2D eigenvalue weighted by Crippen LogP contribution is -2.39. The zero-order valence-electron chi connectivity index (χ0n) is 11.9. The largest absolute Gasteiger partial charge is 0.325 e. The molecule has 1 aromatic carbocycles. The van der Waals surface area contributed by atoms with Crippen molar-refractivity contribution < 1.29 is 4.48 Å². The number of rotatable bonds is 7. The summed E-state index contributed by atoms with van der Waals surface area (Å²) in [7, 11) is 4.55. The number of aliphatic imine (C=N–C) groups is 1. The van der Waals surface area contributed by atoms with E-state index in [2.05, 4.69) is 49.9 Å². The Morgan fingerprint density at radius 2 is 1.89 bits per heavy atom. The lowest BCUT2D eigenvalue weighted by atomic mass is 10.1. The molecule has 0 aliphatic heterocycles. The first-order valence-electron chi connectivity index (χ1n) is 6.55. The van der Waals surface area contributed by atoms with Gasteiger partial charge in [-0.3, -0.25) is 4.99 Å². The summed E-state index contributed by atoms with van der Waals surface area (Å²) in [4.78, 5) is 4.26. The molecule has 0 unspecified atom stereocenters. The van der Waals surface area contributed by atoms with Gasteiger partial charge in [0.1, 0.15) is 6.54 Å². The highest BCUT2D eigenvalue weighted by Crippen LogP contribution is 2.12. The van der Waals surface area contributed by atoms with Crippen LogP contribution in [0, 0.1) is 0 Å². The van der Waals surface area contributed by atoms with Gasteiger partial charge in [-0.2, -0.15) is 0 Å². The second-order valence-electron chi connectivity index (χ2n) is 5.28. The molecule has 1 aromatic rings. The lowest BCUT2D eigenvalue weighted by Gasteiger charge is -2.29. The molecule has 2 nitrogen and oxygen atoms in total. The normalized spacial score (nSPS) is 11.9. The predicted molar refractivity (Wildman–Crippen MR) is 80.9 cm³/mol. The van der Waals surface area contributed by atoms with E-state index in [9.17, 15) is 0 Å². The smallest absolute Gasteiger partial charge is 0.104 e. The van der Waals surface area contributed by atoms with E-state index in [1.807, 2.05) is 19.2 Å². The van der Waals surface area contributed by atoms with Crippen LogP contribution in [0.15, 0.2) is 35.8 Å². The third-order valence-corrected chi connectivity index (χ3v) is 3.06. The molecule has 0 heterocycles. The summed E-state index contributed by atoms with van der Waals surface area (Å²) in [5.74, 6) is 0. The van der Waals surface area contributed by atoms with Gasteiger partial charge in [0, 0.05) is 18.5 Å². The van der Waals surface area contributed by atoms with Crippen molar-refractivity contribution in [3.63, 3.8) is 0 Å². The minimum Gasteiger partial charge on any atom is -0.325 e. The molecule has 98 valence electrons. The van der Waals surface area contributed by atoms with Crippen molar-refractivity contribution in [1.29, 1.82) is 0 Å². The van der Waals surface area contributed by atoms with Crippen molar-refractivity contribution in [1.82, 2.24) is 0 Å². The van der Waals surface area contributed by atoms with Crippen LogP contribution in [0.3, 0.4) is 0 Å². The molecule has 0 radical (unpaired) electrons. The van der Waals surface area contributed by atoms with Gasteiger partial charge >= 0.3 is 0 Å². The van der Waals surface area contributed by atoms with E-state index in [1.54, 1.807) is 0 Å². The molecule has 0 aliphatic rings. The molecule has 0 aromatic heterocycles. The molecule has 0 bridgehead atoms. The number of quaternary nitrogens is 1. The predicted octanol–water partition coefficient (Wildman–Crippen LogP) is 3.39. The Morgan fingerprint density at radius 1 is 1.22 bits per heavy atom. The highest BCUT2D eigenvalue weighted by atomic mass is 15.3. The second-order valence-corrected chi connectivity index (χ2v) is 5.28. The van der Waals surface area contributed by atoms with Crippen molar-refractivity contribution in [2.24, 2.45) is 4.99 Å². The zero-order valence-corrected chi connectivity index (χ0v) is 11.9. The van der Waals surface area contributed by atoms with Gasteiger partial charge in [0.05, 0.1) is 20.6 Å². The van der Waals surface area contributed by atoms with Gasteiger partial charge in [0.2, 0.25) is 0 Å². The first kappa shape index (κ1) is 14.7. The summed E-state index contributed by atoms with van der Waals surface area (Å²) >= 11 is 0. The molecule has 2 heteroatoms. The van der Waals surface area contributed by atoms with Gasteiger partial charge in [0.15, 0.2) is 0 Å². The van der Waals surface area contributed by atoms with E-state index in [0.29, 0.717) is 0 Å². The number of hydrogen-bond donors (Lipinski definition) is 0. The van der Waals surface area contributed by atoms with Gasteiger partial charge in [-0.25, -0.2) is 0 Å². The van der Waals surface area contributed by atoms with Gasteiger partial charge in [-0.1, -0.05) is 36.9 Å². The molecule has 1 rings (SSSR count). The Balaban J connectivity index is 2.49. The summed E-state index contributed by atoms with van der Waals surface area (Å²) in [5, 5.41) is 0. The van der Waals surface area contributed by atoms with Crippen molar-refractivity contribution in [3.05, 3.63) is 42.0 Å². The minimum absolute atomic E-state index is 0.938. The fourth-order valence-electron chi connectivity index (χ4n) is 2.05. The van der Waals surface area contributed by atoms with E-state index in [1.165, 1.54) is 11.1 Å².